The zero-order valence-electron chi connectivity index (χ0n) is 14.7. The monoisotopic (exact) mass is 334 g/mol. The lowest BCUT2D eigenvalue weighted by atomic mass is 10.1. The molecular weight excluding hydrogens is 312 g/mol. The van der Waals surface area contributed by atoms with Gasteiger partial charge in [0.15, 0.2) is 0 Å². The number of nitrogens with one attached hydrogen (secondary N) is 1. The van der Waals surface area contributed by atoms with Gasteiger partial charge in [0.25, 0.3) is 0 Å². The van der Waals surface area contributed by atoms with Crippen LogP contribution in [-0.2, 0) is 11.3 Å². The van der Waals surface area contributed by atoms with Gasteiger partial charge in [0.05, 0.1) is 0 Å². The molecule has 0 aliphatic carbocycles. The molecule has 1 N–H and O–H groups in total. The zero-order valence-corrected chi connectivity index (χ0v) is 14.7. The predicted molar refractivity (Wildman–Crippen MR) is 102 cm³/mol. The minimum absolute atomic E-state index is 0.0820. The molecule has 0 spiro atoms. The van der Waals surface area contributed by atoms with Crippen molar-refractivity contribution in [3.63, 3.8) is 0 Å². The van der Waals surface area contributed by atoms with Crippen LogP contribution >= 0.6 is 0 Å². The fourth-order valence-corrected chi connectivity index (χ4v) is 2.73. The lowest BCUT2D eigenvalue weighted by Crippen LogP contribution is -2.08. The Morgan fingerprint density at radius 1 is 1.16 bits per heavy atom. The number of nitrogens with zero attached hydrogens (tertiary/aromatic N) is 3. The summed E-state index contributed by atoms with van der Waals surface area (Å²) in [4.78, 5) is 17.8. The number of carbonyl (C=O) groups is 1. The molecule has 1 heterocycles. The molecule has 3 aromatic rings. The van der Waals surface area contributed by atoms with Crippen LogP contribution in [0, 0.1) is 0 Å². The van der Waals surface area contributed by atoms with Crippen molar-refractivity contribution in [2.24, 2.45) is 0 Å². The topological polar surface area (TPSA) is 50.2 Å². The van der Waals surface area contributed by atoms with Crippen molar-refractivity contribution in [1.29, 1.82) is 0 Å². The molecule has 0 unspecified atom stereocenters. The van der Waals surface area contributed by atoms with Gasteiger partial charge in [0.1, 0.15) is 5.82 Å². The third-order valence-corrected chi connectivity index (χ3v) is 3.96. The van der Waals surface area contributed by atoms with Gasteiger partial charge in [0.2, 0.25) is 5.91 Å². The van der Waals surface area contributed by atoms with E-state index in [4.69, 9.17) is 0 Å². The summed E-state index contributed by atoms with van der Waals surface area (Å²) >= 11 is 0. The Balaban J connectivity index is 1.84. The summed E-state index contributed by atoms with van der Waals surface area (Å²) in [6.45, 7) is 2.25. The van der Waals surface area contributed by atoms with Crippen LogP contribution in [0.1, 0.15) is 12.5 Å². The maximum Gasteiger partial charge on any atom is 0.221 e. The first-order chi connectivity index (χ1) is 12.0. The molecule has 3 rings (SSSR count). The van der Waals surface area contributed by atoms with E-state index in [-0.39, 0.29) is 5.91 Å². The van der Waals surface area contributed by atoms with Crippen LogP contribution in [0.15, 0.2) is 60.9 Å². The number of amides is 1. The quantitative estimate of drug-likeness (QED) is 0.775. The molecule has 5 nitrogen and oxygen atoms in total. The summed E-state index contributed by atoms with van der Waals surface area (Å²) in [6, 6.07) is 16.2. The first kappa shape index (κ1) is 16.8. The molecule has 128 valence electrons. The Hall–Kier alpha value is -3.08. The molecule has 0 radical (unpaired) electrons. The van der Waals surface area contributed by atoms with Crippen LogP contribution in [0.2, 0.25) is 0 Å². The fraction of sp³-hybridized carbons (Fsp3) is 0.200. The predicted octanol–water partition coefficient (Wildman–Crippen LogP) is 3.62. The number of anilines is 2. The SMILES string of the molecule is CC(=O)Nc1cccc(-c2nccn2Cc2ccc(N(C)C)cc2)c1. The van der Waals surface area contributed by atoms with Crippen LogP contribution in [-0.4, -0.2) is 29.6 Å². The summed E-state index contributed by atoms with van der Waals surface area (Å²) < 4.78 is 2.11. The standard InChI is InChI=1S/C20H22N4O/c1-15(25)22-18-6-4-5-17(13-18)20-21-11-12-24(20)14-16-7-9-19(10-8-16)23(2)3/h4-13H,14H2,1-3H3,(H,22,25). The number of rotatable bonds is 5. The molecule has 25 heavy (non-hydrogen) atoms. The van der Waals surface area contributed by atoms with Gasteiger partial charge in [-0.25, -0.2) is 4.98 Å². The van der Waals surface area contributed by atoms with E-state index in [1.54, 1.807) is 6.20 Å². The van der Waals surface area contributed by atoms with Crippen molar-refractivity contribution in [1.82, 2.24) is 9.55 Å². The average Bonchev–Trinajstić information content (AvgIpc) is 3.03. The molecule has 1 amide bonds. The molecule has 0 saturated carbocycles. The Morgan fingerprint density at radius 3 is 2.60 bits per heavy atom. The molecule has 0 fully saturated rings. The number of hydrogen-bond acceptors (Lipinski definition) is 3. The van der Waals surface area contributed by atoms with E-state index in [0.717, 1.165) is 23.6 Å². The molecule has 0 bridgehead atoms. The van der Waals surface area contributed by atoms with Gasteiger partial charge >= 0.3 is 0 Å². The molecule has 0 aliphatic heterocycles. The third-order valence-electron chi connectivity index (χ3n) is 3.96. The van der Waals surface area contributed by atoms with E-state index in [1.807, 2.05) is 44.6 Å². The van der Waals surface area contributed by atoms with Gasteiger partial charge in [-0.3, -0.25) is 4.79 Å². The van der Waals surface area contributed by atoms with E-state index in [2.05, 4.69) is 44.0 Å². The minimum Gasteiger partial charge on any atom is -0.378 e. The number of hydrogen-bond donors (Lipinski definition) is 1. The van der Waals surface area contributed by atoms with Gasteiger partial charge in [0, 0.05) is 56.9 Å². The fourth-order valence-electron chi connectivity index (χ4n) is 2.73. The summed E-state index contributed by atoms with van der Waals surface area (Å²) in [5.41, 5.74) is 4.14. The molecular formula is C20H22N4O. The van der Waals surface area contributed by atoms with Crippen molar-refractivity contribution in [2.45, 2.75) is 13.5 Å². The molecule has 2 aromatic carbocycles. The Kier molecular flexibility index (Phi) is 4.84. The lowest BCUT2D eigenvalue weighted by molar-refractivity contribution is -0.114. The van der Waals surface area contributed by atoms with Crippen LogP contribution in [0.25, 0.3) is 11.4 Å². The van der Waals surface area contributed by atoms with E-state index >= 15 is 0 Å². The van der Waals surface area contributed by atoms with Gasteiger partial charge in [-0.05, 0) is 29.8 Å². The second-order valence-electron chi connectivity index (χ2n) is 6.20. The van der Waals surface area contributed by atoms with Crippen molar-refractivity contribution < 1.29 is 4.79 Å². The van der Waals surface area contributed by atoms with Crippen molar-refractivity contribution in [3.05, 3.63) is 66.5 Å². The highest BCUT2D eigenvalue weighted by Crippen LogP contribution is 2.22. The van der Waals surface area contributed by atoms with Crippen LogP contribution in [0.5, 0.6) is 0 Å². The number of benzene rings is 2. The van der Waals surface area contributed by atoms with E-state index in [9.17, 15) is 4.79 Å². The average molecular weight is 334 g/mol. The zero-order chi connectivity index (χ0) is 17.8. The summed E-state index contributed by atoms with van der Waals surface area (Å²) in [7, 11) is 4.07. The number of aromatic nitrogens is 2. The first-order valence-electron chi connectivity index (χ1n) is 8.18. The van der Waals surface area contributed by atoms with Gasteiger partial charge in [-0.1, -0.05) is 24.3 Å². The maximum atomic E-state index is 11.3. The second-order valence-corrected chi connectivity index (χ2v) is 6.20. The Bertz CT molecular complexity index is 865. The lowest BCUT2D eigenvalue weighted by Gasteiger charge is -2.13. The highest BCUT2D eigenvalue weighted by Gasteiger charge is 2.08. The van der Waals surface area contributed by atoms with Crippen LogP contribution in [0.3, 0.4) is 0 Å². The van der Waals surface area contributed by atoms with Crippen molar-refractivity contribution >= 4 is 17.3 Å². The second kappa shape index (κ2) is 7.21. The van der Waals surface area contributed by atoms with E-state index < -0.39 is 0 Å². The van der Waals surface area contributed by atoms with Gasteiger partial charge in [-0.15, -0.1) is 0 Å². The minimum atomic E-state index is -0.0820. The van der Waals surface area contributed by atoms with Crippen LogP contribution in [0.4, 0.5) is 11.4 Å². The highest BCUT2D eigenvalue weighted by molar-refractivity contribution is 5.89. The van der Waals surface area contributed by atoms with Crippen LogP contribution < -0.4 is 10.2 Å². The number of carbonyl (C=O) groups excluding carboxylic acids is 1. The Morgan fingerprint density at radius 2 is 1.92 bits per heavy atom. The van der Waals surface area contributed by atoms with E-state index in [1.165, 1.54) is 18.2 Å². The summed E-state index contributed by atoms with van der Waals surface area (Å²) in [6.07, 6.45) is 3.77. The third kappa shape index (κ3) is 4.07. The molecule has 5 heteroatoms. The van der Waals surface area contributed by atoms with Gasteiger partial charge < -0.3 is 14.8 Å². The molecule has 1 aromatic heterocycles. The van der Waals surface area contributed by atoms with Gasteiger partial charge in [-0.2, -0.15) is 0 Å². The molecule has 0 atom stereocenters. The summed E-state index contributed by atoms with van der Waals surface area (Å²) in [5.74, 6) is 0.797. The Labute approximate surface area is 147 Å². The number of imidazole rings is 1. The largest absolute Gasteiger partial charge is 0.378 e. The summed E-state index contributed by atoms with van der Waals surface area (Å²) in [5, 5.41) is 2.81. The maximum absolute atomic E-state index is 11.3. The molecule has 0 saturated heterocycles. The van der Waals surface area contributed by atoms with Crippen molar-refractivity contribution in [2.75, 3.05) is 24.3 Å². The molecule has 0 aliphatic rings. The first-order valence-corrected chi connectivity index (χ1v) is 8.18. The van der Waals surface area contributed by atoms with Crippen molar-refractivity contribution in [3.8, 4) is 11.4 Å². The highest BCUT2D eigenvalue weighted by atomic mass is 16.1. The smallest absolute Gasteiger partial charge is 0.221 e. The van der Waals surface area contributed by atoms with E-state index in [0.29, 0.717) is 0 Å². The normalized spacial score (nSPS) is 10.5.